The van der Waals surface area contributed by atoms with Crippen molar-refractivity contribution in [3.05, 3.63) is 0 Å². The van der Waals surface area contributed by atoms with Gasteiger partial charge in [-0.1, -0.05) is 0 Å². The largest absolute Gasteiger partial charge is 0.459 e. The number of carbonyl (C=O) groups excluding carboxylic acids is 1. The van der Waals surface area contributed by atoms with E-state index in [2.05, 4.69) is 0 Å². The van der Waals surface area contributed by atoms with Crippen LogP contribution in [0.1, 0.15) is 0 Å². The zero-order chi connectivity index (χ0) is 8.58. The Morgan fingerprint density at radius 3 is 1.00 bits per heavy atom. The highest BCUT2D eigenvalue weighted by atomic mass is 19.4. The van der Waals surface area contributed by atoms with Gasteiger partial charge in [0, 0.05) is 0 Å². The van der Waals surface area contributed by atoms with Crippen LogP contribution in [0.4, 0.5) is 31.0 Å². The predicted octanol–water partition coefficient (Wildman–Crippen LogP) is 1.83. The lowest BCUT2D eigenvalue weighted by Gasteiger charge is -2.06. The summed E-state index contributed by atoms with van der Waals surface area (Å²) in [6.45, 7) is 0. The third-order valence-corrected chi connectivity index (χ3v) is 0.515. The molecule has 0 saturated heterocycles. The van der Waals surface area contributed by atoms with Gasteiger partial charge in [-0.25, -0.2) is 0 Å². The number of Topliss-reactive ketones (excluding diaryl/α,β-unsaturated/α-hetero) is 1. The number of ketones is 1. The second-order valence-corrected chi connectivity index (χ2v) is 1.32. The molecule has 0 atom stereocenters. The lowest BCUT2D eigenvalue weighted by molar-refractivity contribution is -0.217. The van der Waals surface area contributed by atoms with E-state index in [0.717, 1.165) is 0 Å². The fraction of sp³-hybridized carbons (Fsp3) is 0.667. The molecule has 0 N–H and O–H groups in total. The van der Waals surface area contributed by atoms with Crippen LogP contribution < -0.4 is 0 Å². The van der Waals surface area contributed by atoms with Crippen LogP contribution in [0, 0.1) is 0 Å². The number of hydrogen-bond donors (Lipinski definition) is 0. The highest BCUT2D eigenvalue weighted by Gasteiger charge is 2.55. The molecule has 0 saturated carbocycles. The van der Waals surface area contributed by atoms with Crippen molar-refractivity contribution in [3.63, 3.8) is 0 Å². The first-order valence-electron chi connectivity index (χ1n) is 1.84. The molecule has 1 nitrogen and oxygen atoms in total. The lowest BCUT2D eigenvalue weighted by Crippen LogP contribution is -2.36. The van der Waals surface area contributed by atoms with Crippen molar-refractivity contribution in [2.24, 2.45) is 0 Å². The Bertz CT molecular complexity index is 125. The number of hydrogen-bond acceptors (Lipinski definition) is 1. The molecule has 11 heavy (non-hydrogen) atoms. The van der Waals surface area contributed by atoms with Crippen LogP contribution in [0.15, 0.2) is 0 Å². The van der Waals surface area contributed by atoms with Crippen LogP contribution in [0.2, 0.25) is 0 Å². The molecule has 0 aliphatic carbocycles. The second kappa shape index (κ2) is 3.05. The molecule has 0 aromatic carbocycles. The highest BCUT2D eigenvalue weighted by molar-refractivity contribution is 5.89. The maximum absolute atomic E-state index is 10.9. The fourth-order valence-electron chi connectivity index (χ4n) is 0.161. The standard InChI is InChI=1S/C3F6O.FH/c4-2(5,6)1(10)3(7,8)9;/h;1H. The van der Waals surface area contributed by atoms with E-state index in [4.69, 9.17) is 0 Å². The van der Waals surface area contributed by atoms with Crippen molar-refractivity contribution in [2.75, 3.05) is 0 Å². The van der Waals surface area contributed by atoms with E-state index in [0.29, 0.717) is 0 Å². The molecular formula is C3HF7O. The lowest BCUT2D eigenvalue weighted by atomic mass is 10.4. The molecule has 0 amide bonds. The summed E-state index contributed by atoms with van der Waals surface area (Å²) in [5, 5.41) is 0. The first-order chi connectivity index (χ1) is 4.15. The monoisotopic (exact) mass is 186 g/mol. The Labute approximate surface area is 55.4 Å². The van der Waals surface area contributed by atoms with Gasteiger partial charge in [0.05, 0.1) is 0 Å². The Balaban J connectivity index is 0. The molecule has 0 radical (unpaired) electrons. The van der Waals surface area contributed by atoms with Crippen LogP contribution in [-0.2, 0) is 4.79 Å². The first kappa shape index (κ1) is 12.8. The molecule has 68 valence electrons. The maximum Gasteiger partial charge on any atom is 0.459 e. The minimum absolute atomic E-state index is 0. The Morgan fingerprint density at radius 1 is 0.818 bits per heavy atom. The SMILES string of the molecule is F.O=C(C(F)(F)F)C(F)(F)F. The van der Waals surface area contributed by atoms with Gasteiger partial charge in [-0.3, -0.25) is 9.50 Å². The number of alkyl halides is 6. The summed E-state index contributed by atoms with van der Waals surface area (Å²) in [6, 6.07) is 0. The first-order valence-corrected chi connectivity index (χ1v) is 1.84. The molecule has 8 heteroatoms. The Hall–Kier alpha value is -0.820. The normalized spacial score (nSPS) is 12.2. The van der Waals surface area contributed by atoms with Crippen molar-refractivity contribution in [3.8, 4) is 0 Å². The van der Waals surface area contributed by atoms with E-state index in [-0.39, 0.29) is 4.70 Å². The number of carbonyl (C=O) groups is 1. The van der Waals surface area contributed by atoms with Gasteiger partial charge in [0.15, 0.2) is 0 Å². The average Bonchev–Trinajstić information content (AvgIpc) is 1.59. The molecule has 0 spiro atoms. The summed E-state index contributed by atoms with van der Waals surface area (Å²) in [4.78, 5) is 9.24. The van der Waals surface area contributed by atoms with Crippen molar-refractivity contribution < 1.29 is 35.8 Å². The molecule has 0 fully saturated rings. The molecular weight excluding hydrogens is 185 g/mol. The molecule has 0 aromatic rings. The quantitative estimate of drug-likeness (QED) is 0.527. The van der Waals surface area contributed by atoms with Gasteiger partial charge >= 0.3 is 18.1 Å². The summed E-state index contributed by atoms with van der Waals surface area (Å²) < 4.78 is 65.3. The van der Waals surface area contributed by atoms with E-state index in [1.807, 2.05) is 0 Å². The molecule has 0 aromatic heterocycles. The third-order valence-electron chi connectivity index (χ3n) is 0.515. The summed E-state index contributed by atoms with van der Waals surface area (Å²) in [7, 11) is 0. The van der Waals surface area contributed by atoms with Gasteiger partial charge in [0.2, 0.25) is 0 Å². The fourth-order valence-corrected chi connectivity index (χ4v) is 0.161. The average molecular weight is 186 g/mol. The van der Waals surface area contributed by atoms with Crippen molar-refractivity contribution >= 4 is 5.78 Å². The molecule has 0 bridgehead atoms. The number of halogens is 7. The van der Waals surface area contributed by atoms with Crippen molar-refractivity contribution in [1.82, 2.24) is 0 Å². The summed E-state index contributed by atoms with van der Waals surface area (Å²) >= 11 is 0. The molecule has 0 aliphatic rings. The van der Waals surface area contributed by atoms with E-state index in [1.165, 1.54) is 0 Å². The van der Waals surface area contributed by atoms with Gasteiger partial charge in [-0.15, -0.1) is 0 Å². The maximum atomic E-state index is 10.9. The van der Waals surface area contributed by atoms with Crippen LogP contribution >= 0.6 is 0 Å². The molecule has 0 unspecified atom stereocenters. The van der Waals surface area contributed by atoms with Gasteiger partial charge in [0.25, 0.3) is 0 Å². The molecule has 0 rings (SSSR count). The topological polar surface area (TPSA) is 17.1 Å². The summed E-state index contributed by atoms with van der Waals surface area (Å²) in [5.41, 5.74) is 0. The minimum Gasteiger partial charge on any atom is -0.279 e. The summed E-state index contributed by atoms with van der Waals surface area (Å²) in [6.07, 6.45) is -11.6. The smallest absolute Gasteiger partial charge is 0.279 e. The van der Waals surface area contributed by atoms with Gasteiger partial charge in [-0.05, 0) is 0 Å². The predicted molar refractivity (Wildman–Crippen MR) is 19.6 cm³/mol. The van der Waals surface area contributed by atoms with Crippen LogP contribution in [0.5, 0.6) is 0 Å². The Kier molecular flexibility index (Phi) is 3.56. The van der Waals surface area contributed by atoms with Gasteiger partial charge in [-0.2, -0.15) is 26.3 Å². The van der Waals surface area contributed by atoms with E-state index >= 15 is 0 Å². The van der Waals surface area contributed by atoms with Crippen molar-refractivity contribution in [1.29, 1.82) is 0 Å². The minimum atomic E-state index is -5.82. The third kappa shape index (κ3) is 3.79. The van der Waals surface area contributed by atoms with Crippen LogP contribution in [0.3, 0.4) is 0 Å². The van der Waals surface area contributed by atoms with Gasteiger partial charge < -0.3 is 0 Å². The second-order valence-electron chi connectivity index (χ2n) is 1.32. The summed E-state index contributed by atoms with van der Waals surface area (Å²) in [5.74, 6) is -3.68. The number of rotatable bonds is 0. The van der Waals surface area contributed by atoms with Crippen molar-refractivity contribution in [2.45, 2.75) is 12.4 Å². The molecule has 0 heterocycles. The van der Waals surface area contributed by atoms with Gasteiger partial charge in [0.1, 0.15) is 0 Å². The van der Waals surface area contributed by atoms with E-state index in [9.17, 15) is 31.1 Å². The molecule has 0 aliphatic heterocycles. The van der Waals surface area contributed by atoms with E-state index < -0.39 is 18.1 Å². The van der Waals surface area contributed by atoms with Crippen LogP contribution in [0.25, 0.3) is 0 Å². The van der Waals surface area contributed by atoms with E-state index in [1.54, 1.807) is 0 Å². The highest BCUT2D eigenvalue weighted by Crippen LogP contribution is 2.28. The van der Waals surface area contributed by atoms with Crippen LogP contribution in [-0.4, -0.2) is 18.1 Å². The zero-order valence-corrected chi connectivity index (χ0v) is 4.58. The zero-order valence-electron chi connectivity index (χ0n) is 4.58. The Morgan fingerprint density at radius 2 is 1.00 bits per heavy atom.